The molecule has 2 aromatic heterocycles. The summed E-state index contributed by atoms with van der Waals surface area (Å²) in [4.78, 5) is 24.9. The van der Waals surface area contributed by atoms with Gasteiger partial charge in [-0.2, -0.15) is 10.4 Å². The van der Waals surface area contributed by atoms with E-state index in [4.69, 9.17) is 24.5 Å². The SMILES string of the molecule is CC(C)OC(=O)[C@H](C)NP(=O)(N[C@@H](C)C(=O)OC(C)C)OC[C@H]1O[C@@](C#N)(c2ccc3c(N)ccnn23)[C@](C)(O)[C@@H]1O. The molecule has 1 aliphatic rings. The topological polar surface area (TPSA) is 220 Å². The fraction of sp³-hybridized carbons (Fsp3) is 0.615. The standard InChI is InChI=1S/C26H39N6O9P/c1-14(2)39-23(34)16(5)30-42(37,31-17(6)24(35)40-15(3)4)38-12-20-22(33)25(7,36)26(13-27,41-20)21-9-8-19-18(28)10-11-29-32(19)21/h8-11,14-17,20,22,33,36H,12,28H2,1-7H3,(H2,30,31,37)/t16-,17-,20+,22+,25+,26-/m0/s1. The van der Waals surface area contributed by atoms with Crippen LogP contribution in [0.4, 0.5) is 5.69 Å². The van der Waals surface area contributed by atoms with Crippen molar-refractivity contribution in [2.45, 2.75) is 96.2 Å². The van der Waals surface area contributed by atoms with Crippen molar-refractivity contribution in [1.82, 2.24) is 19.8 Å². The molecule has 232 valence electrons. The lowest BCUT2D eigenvalue weighted by Gasteiger charge is -2.33. The van der Waals surface area contributed by atoms with Crippen molar-refractivity contribution >= 4 is 30.8 Å². The van der Waals surface area contributed by atoms with Crippen molar-refractivity contribution in [2.75, 3.05) is 12.3 Å². The number of nitrogen functional groups attached to an aromatic ring is 1. The number of nitrogens with zero attached hydrogens (tertiary/aromatic N) is 3. The van der Waals surface area contributed by atoms with E-state index in [1.165, 1.54) is 37.5 Å². The zero-order valence-electron chi connectivity index (χ0n) is 24.6. The van der Waals surface area contributed by atoms with E-state index in [0.29, 0.717) is 11.2 Å². The van der Waals surface area contributed by atoms with E-state index < -0.39 is 73.9 Å². The van der Waals surface area contributed by atoms with Gasteiger partial charge in [-0.1, -0.05) is 0 Å². The lowest BCUT2D eigenvalue weighted by Crippen LogP contribution is -2.52. The van der Waals surface area contributed by atoms with Gasteiger partial charge in [0.15, 0.2) is 0 Å². The highest BCUT2D eigenvalue weighted by molar-refractivity contribution is 7.54. The third kappa shape index (κ3) is 6.60. The molecule has 0 spiro atoms. The molecule has 1 saturated heterocycles. The molecule has 3 heterocycles. The molecule has 2 aromatic rings. The molecule has 0 radical (unpaired) electrons. The second-order valence-electron chi connectivity index (χ2n) is 10.9. The number of ether oxygens (including phenoxy) is 3. The van der Waals surface area contributed by atoms with Gasteiger partial charge in [0.05, 0.1) is 35.7 Å². The number of rotatable bonds is 12. The van der Waals surface area contributed by atoms with E-state index in [2.05, 4.69) is 15.3 Å². The lowest BCUT2D eigenvalue weighted by molar-refractivity contribution is -0.149. The Morgan fingerprint density at radius 3 is 2.19 bits per heavy atom. The molecule has 0 aromatic carbocycles. The number of anilines is 1. The molecule has 0 unspecified atom stereocenters. The molecular weight excluding hydrogens is 571 g/mol. The molecule has 15 nitrogen and oxygen atoms in total. The third-order valence-corrected chi connectivity index (χ3v) is 8.60. The molecule has 1 fully saturated rings. The van der Waals surface area contributed by atoms with Crippen LogP contribution in [-0.2, 0) is 38.5 Å². The Morgan fingerprint density at radius 1 is 1.14 bits per heavy atom. The number of fused-ring (bicyclic) bond motifs is 1. The van der Waals surface area contributed by atoms with Crippen molar-refractivity contribution in [3.63, 3.8) is 0 Å². The first kappa shape index (κ1) is 33.4. The van der Waals surface area contributed by atoms with E-state index in [-0.39, 0.29) is 5.69 Å². The maximum absolute atomic E-state index is 14.0. The van der Waals surface area contributed by atoms with Crippen LogP contribution in [0, 0.1) is 11.3 Å². The fourth-order valence-electron chi connectivity index (χ4n) is 4.50. The lowest BCUT2D eigenvalue weighted by atomic mass is 9.80. The zero-order valence-corrected chi connectivity index (χ0v) is 25.5. The second-order valence-corrected chi connectivity index (χ2v) is 12.7. The van der Waals surface area contributed by atoms with E-state index in [9.17, 15) is 29.6 Å². The molecule has 1 aliphatic heterocycles. The largest absolute Gasteiger partial charge is 0.462 e. The molecule has 0 amide bonds. The number of aliphatic hydroxyl groups is 2. The normalized spacial score (nSPS) is 25.9. The minimum atomic E-state index is -4.29. The molecule has 6 N–H and O–H groups in total. The molecule has 0 aliphatic carbocycles. The van der Waals surface area contributed by atoms with Crippen LogP contribution in [0.5, 0.6) is 0 Å². The number of aromatic nitrogens is 2. The number of aliphatic hydroxyl groups excluding tert-OH is 1. The van der Waals surface area contributed by atoms with Gasteiger partial charge >= 0.3 is 19.6 Å². The van der Waals surface area contributed by atoms with Gasteiger partial charge < -0.3 is 34.7 Å². The highest BCUT2D eigenvalue weighted by atomic mass is 31.2. The Bertz CT molecular complexity index is 1360. The summed E-state index contributed by atoms with van der Waals surface area (Å²) < 4.78 is 37.2. The van der Waals surface area contributed by atoms with Gasteiger partial charge in [-0.05, 0) is 66.7 Å². The Hall–Kier alpha value is -3.09. The van der Waals surface area contributed by atoms with Crippen LogP contribution >= 0.6 is 7.67 Å². The highest BCUT2D eigenvalue weighted by Crippen LogP contribution is 2.49. The maximum atomic E-state index is 14.0. The molecule has 16 heteroatoms. The van der Waals surface area contributed by atoms with Gasteiger partial charge in [0.2, 0.25) is 5.60 Å². The minimum absolute atomic E-state index is 0.0911. The monoisotopic (exact) mass is 610 g/mol. The number of nitrogens with one attached hydrogen (secondary N) is 2. The smallest absolute Gasteiger partial charge is 0.342 e. The van der Waals surface area contributed by atoms with E-state index >= 15 is 0 Å². The van der Waals surface area contributed by atoms with Crippen molar-refractivity contribution in [2.24, 2.45) is 0 Å². The predicted octanol–water partition coefficient (Wildman–Crippen LogP) is 1.13. The predicted molar refractivity (Wildman–Crippen MR) is 150 cm³/mol. The number of hydrogen-bond acceptors (Lipinski definition) is 12. The fourth-order valence-corrected chi connectivity index (χ4v) is 6.31. The van der Waals surface area contributed by atoms with Crippen molar-refractivity contribution < 1.29 is 43.1 Å². The number of carbonyl (C=O) groups is 2. The van der Waals surface area contributed by atoms with Crippen LogP contribution in [0.1, 0.15) is 54.2 Å². The molecule has 0 bridgehead atoms. The summed E-state index contributed by atoms with van der Waals surface area (Å²) in [7, 11) is -4.29. The number of hydrogen-bond donors (Lipinski definition) is 5. The van der Waals surface area contributed by atoms with Crippen LogP contribution in [0.2, 0.25) is 0 Å². The molecule has 6 atom stereocenters. The van der Waals surface area contributed by atoms with Gasteiger partial charge in [0.25, 0.3) is 0 Å². The summed E-state index contributed by atoms with van der Waals surface area (Å²) in [5.41, 5.74) is 2.55. The third-order valence-electron chi connectivity index (χ3n) is 6.63. The maximum Gasteiger partial charge on any atom is 0.342 e. The summed E-state index contributed by atoms with van der Waals surface area (Å²) in [6.45, 7) is 9.94. The quantitative estimate of drug-likeness (QED) is 0.168. The van der Waals surface area contributed by atoms with Gasteiger partial charge in [0.1, 0.15) is 36.0 Å². The van der Waals surface area contributed by atoms with E-state index in [1.54, 1.807) is 39.8 Å². The summed E-state index contributed by atoms with van der Waals surface area (Å²) in [6, 6.07) is 4.29. The number of nitriles is 1. The van der Waals surface area contributed by atoms with Crippen molar-refractivity contribution in [3.05, 3.63) is 30.1 Å². The number of nitrogens with two attached hydrogens (primary N) is 1. The first-order valence-electron chi connectivity index (χ1n) is 13.4. The number of esters is 2. The van der Waals surface area contributed by atoms with Gasteiger partial charge in [-0.25, -0.2) is 14.7 Å². The first-order valence-corrected chi connectivity index (χ1v) is 15.0. The molecule has 0 saturated carbocycles. The van der Waals surface area contributed by atoms with Gasteiger partial charge in [-0.15, -0.1) is 0 Å². The van der Waals surface area contributed by atoms with Crippen LogP contribution in [-0.4, -0.2) is 80.5 Å². The average Bonchev–Trinajstić information content (AvgIpc) is 3.40. The average molecular weight is 611 g/mol. The van der Waals surface area contributed by atoms with Crippen molar-refractivity contribution in [3.8, 4) is 6.07 Å². The van der Waals surface area contributed by atoms with Crippen molar-refractivity contribution in [1.29, 1.82) is 5.26 Å². The van der Waals surface area contributed by atoms with Crippen LogP contribution in [0.3, 0.4) is 0 Å². The summed E-state index contributed by atoms with van der Waals surface area (Å²) >= 11 is 0. The molecular formula is C26H39N6O9P. The van der Waals surface area contributed by atoms with Crippen LogP contribution in [0.15, 0.2) is 24.4 Å². The van der Waals surface area contributed by atoms with E-state index in [1.807, 2.05) is 6.07 Å². The Kier molecular flexibility index (Phi) is 10.1. The van der Waals surface area contributed by atoms with Crippen LogP contribution in [0.25, 0.3) is 5.52 Å². The Morgan fingerprint density at radius 2 is 1.69 bits per heavy atom. The first-order chi connectivity index (χ1) is 19.5. The van der Waals surface area contributed by atoms with Gasteiger partial charge in [-0.3, -0.25) is 14.2 Å². The minimum Gasteiger partial charge on any atom is -0.462 e. The van der Waals surface area contributed by atoms with E-state index in [0.717, 1.165) is 0 Å². The highest BCUT2D eigenvalue weighted by Gasteiger charge is 2.65. The Balaban J connectivity index is 1.90. The zero-order chi connectivity index (χ0) is 31.6. The summed E-state index contributed by atoms with van der Waals surface area (Å²) in [6.07, 6.45) is -2.62. The molecule has 3 rings (SSSR count). The summed E-state index contributed by atoms with van der Waals surface area (Å²) in [5.74, 6) is -1.47. The summed E-state index contributed by atoms with van der Waals surface area (Å²) in [5, 5.41) is 42.1. The second kappa shape index (κ2) is 12.6. The van der Waals surface area contributed by atoms with Crippen LogP contribution < -0.4 is 15.9 Å². The molecule has 42 heavy (non-hydrogen) atoms. The Labute approximate surface area is 243 Å². The van der Waals surface area contributed by atoms with Gasteiger partial charge in [0, 0.05) is 6.20 Å². The number of carbonyl (C=O) groups excluding carboxylic acids is 2.